The van der Waals surface area contributed by atoms with Crippen molar-refractivity contribution in [3.63, 3.8) is 0 Å². The van der Waals surface area contributed by atoms with E-state index >= 15 is 0 Å². The minimum Gasteiger partial charge on any atom is -0.444 e. The van der Waals surface area contributed by atoms with Gasteiger partial charge in [-0.2, -0.15) is 0 Å². The Bertz CT molecular complexity index is 247. The number of ether oxygens (including phenoxy) is 2. The molecule has 0 aromatic carbocycles. The highest BCUT2D eigenvalue weighted by atomic mass is 16.6. The number of rotatable bonds is 1. The Kier molecular flexibility index (Phi) is 4.19. The molecule has 0 unspecified atom stereocenters. The lowest BCUT2D eigenvalue weighted by atomic mass is 10.1. The molecular weight excluding hydrogens is 206 g/mol. The van der Waals surface area contributed by atoms with Crippen molar-refractivity contribution >= 4 is 6.09 Å². The average Bonchev–Trinajstić information content (AvgIpc) is 2.15. The van der Waals surface area contributed by atoms with Crippen molar-refractivity contribution in [1.82, 2.24) is 4.90 Å². The Balaban J connectivity index is 2.59. The fourth-order valence-electron chi connectivity index (χ4n) is 1.64. The minimum atomic E-state index is -0.434. The summed E-state index contributed by atoms with van der Waals surface area (Å²) in [5.41, 5.74) is -0.434. The molecule has 0 aromatic rings. The molecule has 1 fully saturated rings. The molecule has 0 bridgehead atoms. The van der Waals surface area contributed by atoms with Crippen LogP contribution in [-0.2, 0) is 9.47 Å². The van der Waals surface area contributed by atoms with Gasteiger partial charge in [-0.05, 0) is 34.1 Å². The number of carbonyl (C=O) groups is 1. The molecule has 94 valence electrons. The SMILES string of the molecule is CC[C@H]1CN(C(=O)OC(C)(C)C)[C@H](C)CO1. The largest absolute Gasteiger partial charge is 0.444 e. The van der Waals surface area contributed by atoms with Crippen molar-refractivity contribution in [1.29, 1.82) is 0 Å². The van der Waals surface area contributed by atoms with E-state index in [0.717, 1.165) is 6.42 Å². The lowest BCUT2D eigenvalue weighted by Gasteiger charge is -2.38. The van der Waals surface area contributed by atoms with E-state index < -0.39 is 5.60 Å². The Morgan fingerprint density at radius 1 is 1.50 bits per heavy atom. The fraction of sp³-hybridized carbons (Fsp3) is 0.917. The first-order valence-corrected chi connectivity index (χ1v) is 5.94. The Hall–Kier alpha value is -0.770. The first kappa shape index (κ1) is 13.3. The number of hydrogen-bond donors (Lipinski definition) is 0. The van der Waals surface area contributed by atoms with Crippen molar-refractivity contribution < 1.29 is 14.3 Å². The van der Waals surface area contributed by atoms with Gasteiger partial charge in [0.1, 0.15) is 5.60 Å². The number of hydrogen-bond acceptors (Lipinski definition) is 3. The second-order valence-corrected chi connectivity index (χ2v) is 5.35. The van der Waals surface area contributed by atoms with E-state index in [4.69, 9.17) is 9.47 Å². The van der Waals surface area contributed by atoms with E-state index in [9.17, 15) is 4.79 Å². The minimum absolute atomic E-state index is 0.0950. The Labute approximate surface area is 97.9 Å². The molecule has 1 saturated heterocycles. The van der Waals surface area contributed by atoms with E-state index in [1.807, 2.05) is 27.7 Å². The molecule has 1 heterocycles. The maximum atomic E-state index is 11.9. The highest BCUT2D eigenvalue weighted by Crippen LogP contribution is 2.17. The van der Waals surface area contributed by atoms with E-state index in [1.54, 1.807) is 4.90 Å². The summed E-state index contributed by atoms with van der Waals surface area (Å²) < 4.78 is 11.0. The molecule has 0 radical (unpaired) electrons. The van der Waals surface area contributed by atoms with Gasteiger partial charge in [0.05, 0.1) is 25.3 Å². The third-order valence-corrected chi connectivity index (χ3v) is 2.59. The van der Waals surface area contributed by atoms with Gasteiger partial charge in [0.25, 0.3) is 0 Å². The van der Waals surface area contributed by atoms with Crippen molar-refractivity contribution in [3.05, 3.63) is 0 Å². The van der Waals surface area contributed by atoms with Crippen LogP contribution >= 0.6 is 0 Å². The second kappa shape index (κ2) is 5.04. The van der Waals surface area contributed by atoms with Crippen LogP contribution in [0.15, 0.2) is 0 Å². The van der Waals surface area contributed by atoms with Gasteiger partial charge in [0.15, 0.2) is 0 Å². The van der Waals surface area contributed by atoms with Gasteiger partial charge in [-0.3, -0.25) is 0 Å². The molecule has 0 aromatic heterocycles. The van der Waals surface area contributed by atoms with Crippen LogP contribution in [0.3, 0.4) is 0 Å². The summed E-state index contributed by atoms with van der Waals surface area (Å²) in [4.78, 5) is 13.7. The van der Waals surface area contributed by atoms with Crippen molar-refractivity contribution in [2.24, 2.45) is 0 Å². The smallest absolute Gasteiger partial charge is 0.410 e. The zero-order valence-electron chi connectivity index (χ0n) is 10.9. The zero-order chi connectivity index (χ0) is 12.3. The molecule has 0 saturated carbocycles. The molecule has 4 heteroatoms. The van der Waals surface area contributed by atoms with Crippen LogP contribution in [0.4, 0.5) is 4.79 Å². The molecule has 0 N–H and O–H groups in total. The molecule has 1 rings (SSSR count). The number of morpholine rings is 1. The van der Waals surface area contributed by atoms with E-state index in [2.05, 4.69) is 6.92 Å². The molecule has 1 amide bonds. The molecule has 0 aliphatic carbocycles. The third kappa shape index (κ3) is 3.67. The van der Waals surface area contributed by atoms with Crippen molar-refractivity contribution in [3.8, 4) is 0 Å². The highest BCUT2D eigenvalue weighted by molar-refractivity contribution is 5.68. The molecule has 2 atom stereocenters. The van der Waals surface area contributed by atoms with Crippen LogP contribution in [0, 0.1) is 0 Å². The third-order valence-electron chi connectivity index (χ3n) is 2.59. The van der Waals surface area contributed by atoms with Gasteiger partial charge >= 0.3 is 6.09 Å². The van der Waals surface area contributed by atoms with Gasteiger partial charge in [-0.1, -0.05) is 6.92 Å². The monoisotopic (exact) mass is 229 g/mol. The zero-order valence-corrected chi connectivity index (χ0v) is 10.9. The molecule has 1 aliphatic rings. The first-order chi connectivity index (χ1) is 7.33. The predicted molar refractivity (Wildman–Crippen MR) is 62.4 cm³/mol. The molecule has 0 spiro atoms. The Morgan fingerprint density at radius 2 is 2.12 bits per heavy atom. The summed E-state index contributed by atoms with van der Waals surface area (Å²) in [6.45, 7) is 10.9. The summed E-state index contributed by atoms with van der Waals surface area (Å²) in [5.74, 6) is 0. The normalized spacial score (nSPS) is 26.7. The van der Waals surface area contributed by atoms with Gasteiger partial charge < -0.3 is 14.4 Å². The molecule has 4 nitrogen and oxygen atoms in total. The fourth-order valence-corrected chi connectivity index (χ4v) is 1.64. The van der Waals surface area contributed by atoms with Crippen LogP contribution in [0.5, 0.6) is 0 Å². The highest BCUT2D eigenvalue weighted by Gasteiger charge is 2.31. The van der Waals surface area contributed by atoms with Gasteiger partial charge in [0.2, 0.25) is 0 Å². The summed E-state index contributed by atoms with van der Waals surface area (Å²) in [6.07, 6.45) is 0.830. The van der Waals surface area contributed by atoms with E-state index in [1.165, 1.54) is 0 Å². The maximum absolute atomic E-state index is 11.9. The summed E-state index contributed by atoms with van der Waals surface area (Å²) in [6, 6.07) is 0.0950. The van der Waals surface area contributed by atoms with E-state index in [0.29, 0.717) is 13.2 Å². The predicted octanol–water partition coefficient (Wildman–Crippen LogP) is 2.42. The van der Waals surface area contributed by atoms with Gasteiger partial charge in [-0.15, -0.1) is 0 Å². The van der Waals surface area contributed by atoms with Crippen LogP contribution in [0.25, 0.3) is 0 Å². The Morgan fingerprint density at radius 3 is 2.62 bits per heavy atom. The summed E-state index contributed by atoms with van der Waals surface area (Å²) >= 11 is 0. The van der Waals surface area contributed by atoms with Crippen LogP contribution in [0.2, 0.25) is 0 Å². The molecular formula is C12H23NO3. The van der Waals surface area contributed by atoms with Gasteiger partial charge in [-0.25, -0.2) is 4.79 Å². The average molecular weight is 229 g/mol. The molecule has 1 aliphatic heterocycles. The first-order valence-electron chi connectivity index (χ1n) is 5.94. The van der Waals surface area contributed by atoms with Crippen LogP contribution < -0.4 is 0 Å². The topological polar surface area (TPSA) is 38.8 Å². The quantitative estimate of drug-likeness (QED) is 0.693. The van der Waals surface area contributed by atoms with Crippen molar-refractivity contribution in [2.45, 2.75) is 58.8 Å². The summed E-state index contributed by atoms with van der Waals surface area (Å²) in [5, 5.41) is 0. The van der Waals surface area contributed by atoms with E-state index in [-0.39, 0.29) is 18.2 Å². The second-order valence-electron chi connectivity index (χ2n) is 5.35. The van der Waals surface area contributed by atoms with Crippen molar-refractivity contribution in [2.75, 3.05) is 13.2 Å². The van der Waals surface area contributed by atoms with Crippen LogP contribution in [-0.4, -0.2) is 41.9 Å². The lowest BCUT2D eigenvalue weighted by molar-refractivity contribution is -0.0660. The number of nitrogens with zero attached hydrogens (tertiary/aromatic N) is 1. The standard InChI is InChI=1S/C12H23NO3/c1-6-10-7-13(9(2)8-15-10)11(14)16-12(3,4)5/h9-10H,6-8H2,1-5H3/t9-,10+/m1/s1. The molecule has 16 heavy (non-hydrogen) atoms. The van der Waals surface area contributed by atoms with Gasteiger partial charge in [0, 0.05) is 0 Å². The lowest BCUT2D eigenvalue weighted by Crippen LogP contribution is -2.52. The van der Waals surface area contributed by atoms with Crippen LogP contribution in [0.1, 0.15) is 41.0 Å². The summed E-state index contributed by atoms with van der Waals surface area (Å²) in [7, 11) is 0. The maximum Gasteiger partial charge on any atom is 0.410 e. The number of amides is 1. The number of carbonyl (C=O) groups excluding carboxylic acids is 1.